The highest BCUT2D eigenvalue weighted by atomic mass is 35.5. The molecule has 1 aromatic carbocycles. The summed E-state index contributed by atoms with van der Waals surface area (Å²) in [4.78, 5) is 15.3. The van der Waals surface area contributed by atoms with Gasteiger partial charge in [-0.2, -0.15) is 0 Å². The first-order valence-electron chi connectivity index (χ1n) is 6.03. The average Bonchev–Trinajstić information content (AvgIpc) is 2.93. The molecule has 7 heteroatoms. The third-order valence-corrected chi connectivity index (χ3v) is 3.23. The number of benzene rings is 1. The predicted octanol–water partition coefficient (Wildman–Crippen LogP) is 2.68. The summed E-state index contributed by atoms with van der Waals surface area (Å²) in [6.07, 6.45) is 3.15. The molecular weight excluding hydrogens is 292 g/mol. The lowest BCUT2D eigenvalue weighted by Gasteiger charge is -2.08. The second-order valence-corrected chi connectivity index (χ2v) is 4.60. The van der Waals surface area contributed by atoms with Crippen molar-refractivity contribution in [1.82, 2.24) is 20.0 Å². The van der Waals surface area contributed by atoms with E-state index < -0.39 is 5.97 Å². The molecule has 6 nitrogen and oxygen atoms in total. The molecule has 0 spiro atoms. The van der Waals surface area contributed by atoms with E-state index in [2.05, 4.69) is 15.3 Å². The highest BCUT2D eigenvalue weighted by Crippen LogP contribution is 2.28. The number of carbonyl (C=O) groups is 1. The van der Waals surface area contributed by atoms with Crippen molar-refractivity contribution in [2.24, 2.45) is 0 Å². The van der Waals surface area contributed by atoms with Gasteiger partial charge in [-0.15, -0.1) is 5.10 Å². The zero-order valence-corrected chi connectivity index (χ0v) is 11.4. The Labute approximate surface area is 124 Å². The summed E-state index contributed by atoms with van der Waals surface area (Å²) < 4.78 is 1.42. The van der Waals surface area contributed by atoms with Crippen LogP contribution < -0.4 is 0 Å². The Morgan fingerprint density at radius 3 is 2.52 bits per heavy atom. The van der Waals surface area contributed by atoms with Crippen LogP contribution in [0.5, 0.6) is 0 Å². The summed E-state index contributed by atoms with van der Waals surface area (Å²) in [6, 6.07) is 10.4. The van der Waals surface area contributed by atoms with E-state index in [1.54, 1.807) is 48.8 Å². The third-order valence-electron chi connectivity index (χ3n) is 2.91. The van der Waals surface area contributed by atoms with E-state index in [1.807, 2.05) is 0 Å². The second-order valence-electron chi connectivity index (χ2n) is 4.19. The van der Waals surface area contributed by atoms with Crippen molar-refractivity contribution >= 4 is 17.6 Å². The summed E-state index contributed by atoms with van der Waals surface area (Å²) >= 11 is 6.16. The molecule has 3 rings (SSSR count). The van der Waals surface area contributed by atoms with Crippen molar-refractivity contribution in [2.45, 2.75) is 0 Å². The van der Waals surface area contributed by atoms with Crippen molar-refractivity contribution in [3.05, 3.63) is 59.5 Å². The Bertz CT molecular complexity index is 802. The van der Waals surface area contributed by atoms with Gasteiger partial charge in [0.2, 0.25) is 0 Å². The number of pyridine rings is 1. The number of hydrogen-bond donors (Lipinski definition) is 1. The van der Waals surface area contributed by atoms with Gasteiger partial charge in [0.15, 0.2) is 5.69 Å². The van der Waals surface area contributed by atoms with E-state index in [1.165, 1.54) is 4.68 Å². The van der Waals surface area contributed by atoms with Crippen molar-refractivity contribution in [1.29, 1.82) is 0 Å². The number of carboxylic acids is 1. The zero-order valence-electron chi connectivity index (χ0n) is 10.6. The van der Waals surface area contributed by atoms with Crippen LogP contribution in [-0.2, 0) is 0 Å². The summed E-state index contributed by atoms with van der Waals surface area (Å²) in [6.45, 7) is 0. The van der Waals surface area contributed by atoms with Gasteiger partial charge in [-0.25, -0.2) is 9.48 Å². The molecule has 0 saturated heterocycles. The number of aromatic carboxylic acids is 1. The van der Waals surface area contributed by atoms with Crippen molar-refractivity contribution in [2.75, 3.05) is 0 Å². The van der Waals surface area contributed by atoms with Gasteiger partial charge in [-0.1, -0.05) is 28.9 Å². The molecule has 0 radical (unpaired) electrons. The van der Waals surface area contributed by atoms with Crippen LogP contribution in [0.15, 0.2) is 48.8 Å². The van der Waals surface area contributed by atoms with Crippen molar-refractivity contribution < 1.29 is 9.90 Å². The van der Waals surface area contributed by atoms with E-state index in [4.69, 9.17) is 11.6 Å². The van der Waals surface area contributed by atoms with Crippen LogP contribution in [0.4, 0.5) is 0 Å². The minimum Gasteiger partial charge on any atom is -0.476 e. The average molecular weight is 301 g/mol. The lowest BCUT2D eigenvalue weighted by molar-refractivity contribution is 0.0691. The SMILES string of the molecule is O=C(O)c1nnn(-c2ccccc2Cl)c1-c1ccncc1. The quantitative estimate of drug-likeness (QED) is 0.804. The molecule has 3 aromatic rings. The summed E-state index contributed by atoms with van der Waals surface area (Å²) in [5, 5.41) is 17.4. The van der Waals surface area contributed by atoms with Gasteiger partial charge in [0, 0.05) is 18.0 Å². The molecular formula is C14H9ClN4O2. The number of carboxylic acid groups (broad SMARTS) is 1. The number of halogens is 1. The molecule has 0 aliphatic rings. The molecule has 0 unspecified atom stereocenters. The predicted molar refractivity (Wildman–Crippen MR) is 76.6 cm³/mol. The van der Waals surface area contributed by atoms with Crippen LogP contribution in [0, 0.1) is 0 Å². The molecule has 0 atom stereocenters. The molecule has 2 aromatic heterocycles. The van der Waals surface area contributed by atoms with Gasteiger partial charge in [0.25, 0.3) is 0 Å². The fourth-order valence-corrected chi connectivity index (χ4v) is 2.20. The van der Waals surface area contributed by atoms with Crippen LogP contribution in [0.3, 0.4) is 0 Å². The van der Waals surface area contributed by atoms with E-state index in [-0.39, 0.29) is 5.69 Å². The number of rotatable bonds is 3. The number of hydrogen-bond acceptors (Lipinski definition) is 4. The normalized spacial score (nSPS) is 10.5. The summed E-state index contributed by atoms with van der Waals surface area (Å²) in [7, 11) is 0. The Balaban J connectivity index is 2.28. The van der Waals surface area contributed by atoms with Crippen LogP contribution in [-0.4, -0.2) is 31.1 Å². The third kappa shape index (κ3) is 2.36. The summed E-state index contributed by atoms with van der Waals surface area (Å²) in [5.74, 6) is -1.15. The minimum absolute atomic E-state index is 0.138. The molecule has 0 fully saturated rings. The molecule has 0 aliphatic carbocycles. The zero-order chi connectivity index (χ0) is 14.8. The molecule has 2 heterocycles. The van der Waals surface area contributed by atoms with Gasteiger partial charge < -0.3 is 5.11 Å². The largest absolute Gasteiger partial charge is 0.476 e. The van der Waals surface area contributed by atoms with Crippen LogP contribution in [0.25, 0.3) is 16.9 Å². The van der Waals surface area contributed by atoms with Gasteiger partial charge in [-0.05, 0) is 24.3 Å². The standard InChI is InChI=1S/C14H9ClN4O2/c15-10-3-1-2-4-11(10)19-13(9-5-7-16-8-6-9)12(14(20)21)17-18-19/h1-8H,(H,20,21). The Morgan fingerprint density at radius 1 is 1.14 bits per heavy atom. The van der Waals surface area contributed by atoms with Gasteiger partial charge in [-0.3, -0.25) is 4.98 Å². The maximum Gasteiger partial charge on any atom is 0.358 e. The van der Waals surface area contributed by atoms with Crippen LogP contribution in [0.1, 0.15) is 10.5 Å². The number of aromatic nitrogens is 4. The first kappa shape index (κ1) is 13.3. The molecule has 0 amide bonds. The number of para-hydroxylation sites is 1. The fraction of sp³-hybridized carbons (Fsp3) is 0. The maximum absolute atomic E-state index is 11.4. The van der Waals surface area contributed by atoms with Gasteiger partial charge in [0.1, 0.15) is 5.69 Å². The minimum atomic E-state index is -1.15. The van der Waals surface area contributed by atoms with Gasteiger partial charge in [0.05, 0.1) is 10.7 Å². The lowest BCUT2D eigenvalue weighted by Crippen LogP contribution is -2.03. The summed E-state index contributed by atoms with van der Waals surface area (Å²) in [5.41, 5.74) is 1.43. The molecule has 0 saturated carbocycles. The fourth-order valence-electron chi connectivity index (χ4n) is 1.99. The highest BCUT2D eigenvalue weighted by Gasteiger charge is 2.22. The number of nitrogens with zero attached hydrogens (tertiary/aromatic N) is 4. The first-order valence-corrected chi connectivity index (χ1v) is 6.40. The maximum atomic E-state index is 11.4. The van der Waals surface area contributed by atoms with Gasteiger partial charge >= 0.3 is 5.97 Å². The Kier molecular flexibility index (Phi) is 3.37. The second kappa shape index (κ2) is 5.34. The first-order chi connectivity index (χ1) is 10.2. The highest BCUT2D eigenvalue weighted by molar-refractivity contribution is 6.32. The van der Waals surface area contributed by atoms with Crippen LogP contribution in [0.2, 0.25) is 5.02 Å². The van der Waals surface area contributed by atoms with Crippen molar-refractivity contribution in [3.8, 4) is 16.9 Å². The van der Waals surface area contributed by atoms with Crippen LogP contribution >= 0.6 is 11.6 Å². The molecule has 0 aliphatic heterocycles. The van der Waals surface area contributed by atoms with E-state index in [0.29, 0.717) is 22.0 Å². The topological polar surface area (TPSA) is 80.9 Å². The Morgan fingerprint density at radius 2 is 1.86 bits per heavy atom. The molecule has 21 heavy (non-hydrogen) atoms. The van der Waals surface area contributed by atoms with E-state index >= 15 is 0 Å². The molecule has 104 valence electrons. The Hall–Kier alpha value is -2.73. The smallest absolute Gasteiger partial charge is 0.358 e. The molecule has 0 bridgehead atoms. The van der Waals surface area contributed by atoms with E-state index in [0.717, 1.165) is 0 Å². The van der Waals surface area contributed by atoms with Crippen molar-refractivity contribution in [3.63, 3.8) is 0 Å². The van der Waals surface area contributed by atoms with E-state index in [9.17, 15) is 9.90 Å². The molecule has 1 N–H and O–H groups in total. The lowest BCUT2D eigenvalue weighted by atomic mass is 10.1. The monoisotopic (exact) mass is 300 g/mol.